The summed E-state index contributed by atoms with van der Waals surface area (Å²) in [7, 11) is 0. The Hall–Kier alpha value is -1.20. The van der Waals surface area contributed by atoms with E-state index in [9.17, 15) is 4.79 Å². The molecule has 5 heteroatoms. The first-order valence-corrected chi connectivity index (χ1v) is 9.63. The van der Waals surface area contributed by atoms with Crippen LogP contribution in [0.1, 0.15) is 51.1 Å². The standard InChI is InChI=1S/C19H32N4O/c1-16(2)18-13-19(24)23(15-20-18)14-17-5-9-22(10-6-17)12-11-21-7-3-4-8-21/h13,15-17H,3-12,14H2,1-2H3. The molecule has 1 aromatic heterocycles. The molecular weight excluding hydrogens is 300 g/mol. The normalized spacial score (nSPS) is 21.0. The molecule has 0 saturated carbocycles. The molecule has 1 aromatic rings. The lowest BCUT2D eigenvalue weighted by Gasteiger charge is -2.33. The molecule has 2 aliphatic rings. The number of piperidine rings is 1. The average molecular weight is 332 g/mol. The highest BCUT2D eigenvalue weighted by atomic mass is 16.1. The predicted octanol–water partition coefficient (Wildman–Crippen LogP) is 2.17. The van der Waals surface area contributed by atoms with Crippen LogP contribution in [0.15, 0.2) is 17.2 Å². The maximum absolute atomic E-state index is 12.2. The molecule has 0 N–H and O–H groups in total. The zero-order chi connectivity index (χ0) is 16.9. The molecule has 5 nitrogen and oxygen atoms in total. The Labute approximate surface area is 145 Å². The topological polar surface area (TPSA) is 41.4 Å². The summed E-state index contributed by atoms with van der Waals surface area (Å²) >= 11 is 0. The molecule has 0 unspecified atom stereocenters. The number of hydrogen-bond acceptors (Lipinski definition) is 4. The Morgan fingerprint density at radius 1 is 1.08 bits per heavy atom. The van der Waals surface area contributed by atoms with Gasteiger partial charge >= 0.3 is 0 Å². The van der Waals surface area contributed by atoms with E-state index in [1.54, 1.807) is 17.0 Å². The van der Waals surface area contributed by atoms with Gasteiger partial charge in [-0.05, 0) is 63.7 Å². The summed E-state index contributed by atoms with van der Waals surface area (Å²) in [4.78, 5) is 21.9. The van der Waals surface area contributed by atoms with Gasteiger partial charge in [0.05, 0.1) is 12.0 Å². The minimum Gasteiger partial charge on any atom is -0.302 e. The summed E-state index contributed by atoms with van der Waals surface area (Å²) in [5.74, 6) is 0.920. The Balaban J connectivity index is 1.44. The van der Waals surface area contributed by atoms with E-state index in [0.717, 1.165) is 12.2 Å². The van der Waals surface area contributed by atoms with Crippen molar-refractivity contribution in [2.75, 3.05) is 39.3 Å². The van der Waals surface area contributed by atoms with E-state index in [0.29, 0.717) is 11.8 Å². The molecule has 0 atom stereocenters. The van der Waals surface area contributed by atoms with Crippen LogP contribution < -0.4 is 5.56 Å². The minimum absolute atomic E-state index is 0.102. The Morgan fingerprint density at radius 3 is 2.29 bits per heavy atom. The van der Waals surface area contributed by atoms with Gasteiger partial charge in [-0.15, -0.1) is 0 Å². The monoisotopic (exact) mass is 332 g/mol. The quantitative estimate of drug-likeness (QED) is 0.801. The van der Waals surface area contributed by atoms with Crippen molar-refractivity contribution in [3.63, 3.8) is 0 Å². The number of aromatic nitrogens is 2. The van der Waals surface area contributed by atoms with Crippen LogP contribution >= 0.6 is 0 Å². The van der Waals surface area contributed by atoms with E-state index in [2.05, 4.69) is 28.6 Å². The Morgan fingerprint density at radius 2 is 1.71 bits per heavy atom. The SMILES string of the molecule is CC(C)c1cc(=O)n(CC2CCN(CCN3CCCC3)CC2)cn1. The molecule has 3 rings (SSSR count). The largest absolute Gasteiger partial charge is 0.302 e. The van der Waals surface area contributed by atoms with Crippen molar-refractivity contribution >= 4 is 0 Å². The summed E-state index contributed by atoms with van der Waals surface area (Å²) < 4.78 is 1.80. The molecule has 24 heavy (non-hydrogen) atoms. The highest BCUT2D eigenvalue weighted by Crippen LogP contribution is 2.19. The van der Waals surface area contributed by atoms with Gasteiger partial charge in [0.15, 0.2) is 0 Å². The lowest BCUT2D eigenvalue weighted by Crippen LogP contribution is -2.40. The molecule has 0 bridgehead atoms. The fourth-order valence-corrected chi connectivity index (χ4v) is 3.85. The van der Waals surface area contributed by atoms with Gasteiger partial charge in [0.25, 0.3) is 5.56 Å². The Kier molecular flexibility index (Phi) is 6.06. The van der Waals surface area contributed by atoms with E-state index in [1.807, 2.05) is 0 Å². The van der Waals surface area contributed by atoms with E-state index >= 15 is 0 Å². The van der Waals surface area contributed by atoms with E-state index < -0.39 is 0 Å². The summed E-state index contributed by atoms with van der Waals surface area (Å²) in [6.07, 6.45) is 6.88. The fraction of sp³-hybridized carbons (Fsp3) is 0.789. The van der Waals surface area contributed by atoms with Gasteiger partial charge in [-0.2, -0.15) is 0 Å². The van der Waals surface area contributed by atoms with Gasteiger partial charge in [0.2, 0.25) is 0 Å². The molecule has 0 spiro atoms. The summed E-state index contributed by atoms with van der Waals surface area (Å²) in [6.45, 7) is 12.3. The fourth-order valence-electron chi connectivity index (χ4n) is 3.85. The van der Waals surface area contributed by atoms with Crippen molar-refractivity contribution in [1.29, 1.82) is 0 Å². The number of likely N-dealkylation sites (tertiary alicyclic amines) is 2. The van der Waals surface area contributed by atoms with Crippen LogP contribution in [0.25, 0.3) is 0 Å². The summed E-state index contributed by atoms with van der Waals surface area (Å²) in [5.41, 5.74) is 0.998. The zero-order valence-corrected chi connectivity index (χ0v) is 15.3. The molecule has 0 amide bonds. The third-order valence-electron chi connectivity index (χ3n) is 5.59. The molecule has 0 aliphatic carbocycles. The van der Waals surface area contributed by atoms with Crippen LogP contribution in [0.4, 0.5) is 0 Å². The van der Waals surface area contributed by atoms with E-state index in [1.165, 1.54) is 65.0 Å². The molecule has 0 aromatic carbocycles. The molecular formula is C19H32N4O. The van der Waals surface area contributed by atoms with Gasteiger partial charge in [0.1, 0.15) is 0 Å². The van der Waals surface area contributed by atoms with Gasteiger partial charge in [-0.3, -0.25) is 9.36 Å². The molecule has 3 heterocycles. The number of rotatable bonds is 6. The van der Waals surface area contributed by atoms with Crippen LogP contribution in [0.5, 0.6) is 0 Å². The lowest BCUT2D eigenvalue weighted by atomic mass is 9.96. The highest BCUT2D eigenvalue weighted by Gasteiger charge is 2.21. The number of hydrogen-bond donors (Lipinski definition) is 0. The van der Waals surface area contributed by atoms with Crippen LogP contribution in [0.3, 0.4) is 0 Å². The van der Waals surface area contributed by atoms with Gasteiger partial charge in [0, 0.05) is 25.7 Å². The first kappa shape index (κ1) is 17.6. The van der Waals surface area contributed by atoms with Crippen LogP contribution in [0, 0.1) is 5.92 Å². The van der Waals surface area contributed by atoms with Crippen molar-refractivity contribution in [1.82, 2.24) is 19.4 Å². The predicted molar refractivity (Wildman–Crippen MR) is 97.4 cm³/mol. The van der Waals surface area contributed by atoms with Crippen molar-refractivity contribution in [3.8, 4) is 0 Å². The molecule has 0 radical (unpaired) electrons. The van der Waals surface area contributed by atoms with Crippen LogP contribution in [-0.4, -0.2) is 58.6 Å². The van der Waals surface area contributed by atoms with Crippen molar-refractivity contribution < 1.29 is 0 Å². The van der Waals surface area contributed by atoms with E-state index in [4.69, 9.17) is 0 Å². The molecule has 2 aliphatic heterocycles. The average Bonchev–Trinajstić information content (AvgIpc) is 3.09. The summed E-state index contributed by atoms with van der Waals surface area (Å²) in [6, 6.07) is 1.70. The van der Waals surface area contributed by atoms with Gasteiger partial charge < -0.3 is 9.80 Å². The zero-order valence-electron chi connectivity index (χ0n) is 15.3. The maximum Gasteiger partial charge on any atom is 0.253 e. The first-order chi connectivity index (χ1) is 11.6. The number of nitrogens with zero attached hydrogens (tertiary/aromatic N) is 4. The third kappa shape index (κ3) is 4.67. The maximum atomic E-state index is 12.2. The van der Waals surface area contributed by atoms with Crippen LogP contribution in [0.2, 0.25) is 0 Å². The van der Waals surface area contributed by atoms with Crippen molar-refractivity contribution in [2.24, 2.45) is 5.92 Å². The second-order valence-electron chi connectivity index (χ2n) is 7.79. The summed E-state index contributed by atoms with van der Waals surface area (Å²) in [5, 5.41) is 0. The van der Waals surface area contributed by atoms with Gasteiger partial charge in [-0.25, -0.2) is 4.98 Å². The minimum atomic E-state index is 0.102. The third-order valence-corrected chi connectivity index (χ3v) is 5.59. The van der Waals surface area contributed by atoms with Crippen molar-refractivity contribution in [3.05, 3.63) is 28.4 Å². The molecule has 2 saturated heterocycles. The lowest BCUT2D eigenvalue weighted by molar-refractivity contribution is 0.155. The second kappa shape index (κ2) is 8.26. The first-order valence-electron chi connectivity index (χ1n) is 9.63. The van der Waals surface area contributed by atoms with Crippen molar-refractivity contribution in [2.45, 2.75) is 52.0 Å². The molecule has 2 fully saturated rings. The van der Waals surface area contributed by atoms with E-state index in [-0.39, 0.29) is 5.56 Å². The van der Waals surface area contributed by atoms with Gasteiger partial charge in [-0.1, -0.05) is 13.8 Å². The Bertz CT molecular complexity index is 569. The molecule has 134 valence electrons. The van der Waals surface area contributed by atoms with Crippen LogP contribution in [-0.2, 0) is 6.54 Å². The highest BCUT2D eigenvalue weighted by molar-refractivity contribution is 5.04. The second-order valence-corrected chi connectivity index (χ2v) is 7.79. The smallest absolute Gasteiger partial charge is 0.253 e.